The van der Waals surface area contributed by atoms with Crippen LogP contribution in [0.15, 0.2) is 85.1 Å². The molecule has 11 nitrogen and oxygen atoms in total. The Morgan fingerprint density at radius 1 is 0.372 bits per heavy atom. The van der Waals surface area contributed by atoms with Crippen LogP contribution in [0.1, 0.15) is 278 Å². The molecule has 0 aromatic heterocycles. The minimum atomic E-state index is -4.76. The lowest BCUT2D eigenvalue weighted by Crippen LogP contribution is -2.30. The lowest BCUT2D eigenvalue weighted by molar-refractivity contribution is -0.161. The maximum absolute atomic E-state index is 12.9. The molecule has 0 aromatic rings. The number of ether oxygens (including phenoxy) is 3. The van der Waals surface area contributed by atoms with Gasteiger partial charge in [0.2, 0.25) is 0 Å². The molecule has 0 heterocycles. The van der Waals surface area contributed by atoms with E-state index in [-0.39, 0.29) is 25.9 Å². The molecule has 3 atom stereocenters. The molecule has 0 amide bonds. The molecule has 78 heavy (non-hydrogen) atoms. The number of carbonyl (C=O) groups excluding carboxylic acids is 3. The van der Waals surface area contributed by atoms with Crippen LogP contribution < -0.4 is 0 Å². The summed E-state index contributed by atoms with van der Waals surface area (Å²) in [5, 5.41) is 9.84. The third kappa shape index (κ3) is 57.3. The van der Waals surface area contributed by atoms with Crippen molar-refractivity contribution in [3.8, 4) is 0 Å². The maximum Gasteiger partial charge on any atom is 0.472 e. The van der Waals surface area contributed by atoms with Gasteiger partial charge in [-0.25, -0.2) is 4.57 Å². The molecule has 0 aromatic carbocycles. The van der Waals surface area contributed by atoms with E-state index in [2.05, 4.69) is 106 Å². The number of rotatable bonds is 58. The Balaban J connectivity index is 4.76. The smallest absolute Gasteiger partial charge is 0.462 e. The molecule has 2 N–H and O–H groups in total. The molecule has 0 bridgehead atoms. The predicted octanol–water partition coefficient (Wildman–Crippen LogP) is 19.0. The zero-order valence-corrected chi connectivity index (χ0v) is 50.8. The molecular formula is C66H115O11P. The number of phosphoric ester groups is 1. The third-order valence-electron chi connectivity index (χ3n) is 13.3. The largest absolute Gasteiger partial charge is 0.472 e. The fraction of sp³-hybridized carbons (Fsp3) is 0.742. The maximum atomic E-state index is 12.9. The summed E-state index contributed by atoms with van der Waals surface area (Å²) in [7, 11) is -4.76. The van der Waals surface area contributed by atoms with E-state index in [1.807, 2.05) is 0 Å². The van der Waals surface area contributed by atoms with Crippen LogP contribution in [0, 0.1) is 0 Å². The SMILES string of the molecule is CC/C=C\C/C=C\C/C=C\C/C=C\CCCCCCCCC(=O)OC(COC(=O)CCCCCCCCC/C=C\C/C=C\CCCCC)COP(=O)(O)OCC(CO)OC(=O)CCCCCCC/C=C\CCCCCCCC. The second kappa shape index (κ2) is 59.8. The van der Waals surface area contributed by atoms with Gasteiger partial charge in [-0.2, -0.15) is 0 Å². The first-order chi connectivity index (χ1) is 38.2. The van der Waals surface area contributed by atoms with Crippen molar-refractivity contribution in [2.75, 3.05) is 26.4 Å². The summed E-state index contributed by atoms with van der Waals surface area (Å²) in [6, 6.07) is 0. The minimum absolute atomic E-state index is 0.147. The molecule has 450 valence electrons. The second-order valence-corrected chi connectivity index (χ2v) is 22.3. The van der Waals surface area contributed by atoms with Crippen LogP contribution in [0.25, 0.3) is 0 Å². The molecule has 0 rings (SSSR count). The summed E-state index contributed by atoms with van der Waals surface area (Å²) < 4.78 is 39.6. The van der Waals surface area contributed by atoms with Gasteiger partial charge in [0, 0.05) is 19.3 Å². The average molecular weight is 1120 g/mol. The van der Waals surface area contributed by atoms with E-state index in [0.717, 1.165) is 141 Å². The van der Waals surface area contributed by atoms with Crippen molar-refractivity contribution in [3.05, 3.63) is 85.1 Å². The first kappa shape index (κ1) is 74.7. The number of aliphatic hydroxyl groups excluding tert-OH is 1. The zero-order chi connectivity index (χ0) is 56.9. The van der Waals surface area contributed by atoms with Crippen molar-refractivity contribution in [1.29, 1.82) is 0 Å². The van der Waals surface area contributed by atoms with Gasteiger partial charge in [-0.3, -0.25) is 23.4 Å². The summed E-state index contributed by atoms with van der Waals surface area (Å²) in [5.41, 5.74) is 0. The van der Waals surface area contributed by atoms with Crippen molar-refractivity contribution in [3.63, 3.8) is 0 Å². The topological polar surface area (TPSA) is 155 Å². The first-order valence-corrected chi connectivity index (χ1v) is 33.0. The normalized spacial score (nSPS) is 13.9. The fourth-order valence-electron chi connectivity index (χ4n) is 8.49. The summed E-state index contributed by atoms with van der Waals surface area (Å²) in [6.07, 6.45) is 69.5. The Kier molecular flexibility index (Phi) is 57.2. The Morgan fingerprint density at radius 3 is 1.06 bits per heavy atom. The molecule has 0 aliphatic carbocycles. The number of carbonyl (C=O) groups is 3. The van der Waals surface area contributed by atoms with E-state index in [1.54, 1.807) is 0 Å². The number of unbranched alkanes of at least 4 members (excludes halogenated alkanes) is 27. The molecular weight excluding hydrogens is 1000 g/mol. The Labute approximate surface area is 477 Å². The van der Waals surface area contributed by atoms with Gasteiger partial charge < -0.3 is 24.2 Å². The standard InChI is InChI=1S/C66H115O11P/c1-4-7-10-13-16-19-22-25-28-30-31-33-36-39-42-45-48-51-54-57-66(70)77-63(59-73-64(68)55-52-49-46-43-40-37-35-32-29-26-23-20-17-14-11-8-5-2)61-75-78(71,72)74-60-62(58-67)76-65(69)56-53-50-47-44-41-38-34-27-24-21-18-15-12-9-6-3/h7,10,16-17,19-20,25-29,31,33-34,62-63,67H,4-6,8-9,11-15,18,21-24,30,32,35-61H2,1-3H3,(H,71,72)/b10-7-,19-16-,20-17-,28-25-,29-26-,33-31-,34-27-. The van der Waals surface area contributed by atoms with E-state index in [4.69, 9.17) is 23.3 Å². The van der Waals surface area contributed by atoms with Gasteiger partial charge in [-0.05, 0) is 116 Å². The quantitative estimate of drug-likeness (QED) is 0.0197. The van der Waals surface area contributed by atoms with Crippen LogP contribution in [0.4, 0.5) is 0 Å². The fourth-order valence-corrected chi connectivity index (χ4v) is 9.27. The number of phosphoric acid groups is 1. The van der Waals surface area contributed by atoms with Crippen LogP contribution >= 0.6 is 7.82 Å². The molecule has 3 unspecified atom stereocenters. The number of hydrogen-bond donors (Lipinski definition) is 2. The van der Waals surface area contributed by atoms with Crippen LogP contribution in [-0.4, -0.2) is 66.5 Å². The second-order valence-electron chi connectivity index (χ2n) is 20.8. The van der Waals surface area contributed by atoms with E-state index >= 15 is 0 Å². The van der Waals surface area contributed by atoms with E-state index in [0.29, 0.717) is 19.3 Å². The van der Waals surface area contributed by atoms with Crippen molar-refractivity contribution < 1.29 is 52.2 Å². The molecule has 0 spiro atoms. The summed E-state index contributed by atoms with van der Waals surface area (Å²) in [4.78, 5) is 48.7. The number of aliphatic hydroxyl groups is 1. The van der Waals surface area contributed by atoms with Crippen LogP contribution in [-0.2, 0) is 42.2 Å². The Morgan fingerprint density at radius 2 is 0.667 bits per heavy atom. The monoisotopic (exact) mass is 1110 g/mol. The van der Waals surface area contributed by atoms with Crippen LogP contribution in [0.5, 0.6) is 0 Å². The summed E-state index contributed by atoms with van der Waals surface area (Å²) >= 11 is 0. The van der Waals surface area contributed by atoms with Gasteiger partial charge in [0.25, 0.3) is 0 Å². The summed E-state index contributed by atoms with van der Waals surface area (Å²) in [5.74, 6) is -1.49. The third-order valence-corrected chi connectivity index (χ3v) is 14.2. The molecule has 0 saturated heterocycles. The van der Waals surface area contributed by atoms with Crippen molar-refractivity contribution >= 4 is 25.7 Å². The highest BCUT2D eigenvalue weighted by Gasteiger charge is 2.28. The van der Waals surface area contributed by atoms with E-state index < -0.39 is 57.8 Å². The van der Waals surface area contributed by atoms with Crippen LogP contribution in [0.3, 0.4) is 0 Å². The number of allylic oxidation sites excluding steroid dienone is 14. The van der Waals surface area contributed by atoms with Gasteiger partial charge in [-0.1, -0.05) is 228 Å². The highest BCUT2D eigenvalue weighted by Crippen LogP contribution is 2.43. The molecule has 0 aliphatic heterocycles. The molecule has 12 heteroatoms. The van der Waals surface area contributed by atoms with E-state index in [1.165, 1.54) is 77.0 Å². The molecule has 0 saturated carbocycles. The van der Waals surface area contributed by atoms with Gasteiger partial charge in [0.15, 0.2) is 6.10 Å². The highest BCUT2D eigenvalue weighted by molar-refractivity contribution is 7.47. The van der Waals surface area contributed by atoms with E-state index in [9.17, 15) is 28.9 Å². The lowest BCUT2D eigenvalue weighted by atomic mass is 10.1. The summed E-state index contributed by atoms with van der Waals surface area (Å²) in [6.45, 7) is 4.49. The van der Waals surface area contributed by atoms with Crippen molar-refractivity contribution in [2.24, 2.45) is 0 Å². The Bertz CT molecular complexity index is 1630. The van der Waals surface area contributed by atoms with Gasteiger partial charge in [0.1, 0.15) is 12.7 Å². The highest BCUT2D eigenvalue weighted by atomic mass is 31.2. The molecule has 0 fully saturated rings. The van der Waals surface area contributed by atoms with Crippen LogP contribution in [0.2, 0.25) is 0 Å². The Hall–Kier alpha value is -3.34. The van der Waals surface area contributed by atoms with Gasteiger partial charge in [-0.15, -0.1) is 0 Å². The first-order valence-electron chi connectivity index (χ1n) is 31.5. The van der Waals surface area contributed by atoms with Gasteiger partial charge in [0.05, 0.1) is 19.8 Å². The van der Waals surface area contributed by atoms with Crippen molar-refractivity contribution in [2.45, 2.75) is 290 Å². The predicted molar refractivity (Wildman–Crippen MR) is 325 cm³/mol. The average Bonchev–Trinajstić information content (AvgIpc) is 3.43. The zero-order valence-electron chi connectivity index (χ0n) is 49.9. The minimum Gasteiger partial charge on any atom is -0.462 e. The molecule has 0 aliphatic rings. The lowest BCUT2D eigenvalue weighted by Gasteiger charge is -2.21. The number of esters is 3. The molecule has 0 radical (unpaired) electrons. The van der Waals surface area contributed by atoms with Crippen molar-refractivity contribution in [1.82, 2.24) is 0 Å². The van der Waals surface area contributed by atoms with Gasteiger partial charge >= 0.3 is 25.7 Å². The number of hydrogen-bond acceptors (Lipinski definition) is 10.